The molecule has 1 aromatic heterocycles. The lowest BCUT2D eigenvalue weighted by Crippen LogP contribution is -2.50. The Morgan fingerprint density at radius 3 is 2.70 bits per heavy atom. The second-order valence-electron chi connectivity index (χ2n) is 5.37. The van der Waals surface area contributed by atoms with Crippen molar-refractivity contribution in [3.63, 3.8) is 0 Å². The minimum Gasteiger partial charge on any atom is -0.373 e. The van der Waals surface area contributed by atoms with Crippen molar-refractivity contribution in [2.75, 3.05) is 0 Å². The van der Waals surface area contributed by atoms with Crippen molar-refractivity contribution in [1.29, 1.82) is 0 Å². The van der Waals surface area contributed by atoms with Gasteiger partial charge in [-0.05, 0) is 49.6 Å². The first kappa shape index (κ1) is 13.4. The second-order valence-corrected chi connectivity index (χ2v) is 6.49. The fourth-order valence-electron chi connectivity index (χ4n) is 2.62. The highest BCUT2D eigenvalue weighted by atomic mass is 32.1. The van der Waals surface area contributed by atoms with Crippen LogP contribution in [0.3, 0.4) is 0 Å². The average Bonchev–Trinajstić information content (AvgIpc) is 2.75. The number of imide groups is 1. The van der Waals surface area contributed by atoms with Gasteiger partial charge in [0.1, 0.15) is 6.04 Å². The average molecular weight is 290 g/mol. The second kappa shape index (κ2) is 5.40. The molecule has 1 aliphatic carbocycles. The van der Waals surface area contributed by atoms with Crippen LogP contribution >= 0.6 is 11.3 Å². The Hall–Kier alpha value is -1.62. The molecule has 20 heavy (non-hydrogen) atoms. The minimum atomic E-state index is -0.296. The molecule has 1 saturated heterocycles. The van der Waals surface area contributed by atoms with Gasteiger partial charge in [0.15, 0.2) is 0 Å². The summed E-state index contributed by atoms with van der Waals surface area (Å²) in [4.78, 5) is 24.4. The quantitative estimate of drug-likeness (QED) is 0.840. The number of carbonyl (C=O) groups excluding carboxylic acids is 2. The zero-order valence-corrected chi connectivity index (χ0v) is 12.3. The van der Waals surface area contributed by atoms with E-state index in [1.165, 1.54) is 22.4 Å². The van der Waals surface area contributed by atoms with Gasteiger partial charge >= 0.3 is 0 Å². The molecule has 0 bridgehead atoms. The number of nitrogens with one attached hydrogen (secondary N) is 2. The molecule has 2 N–H and O–H groups in total. The van der Waals surface area contributed by atoms with Crippen molar-refractivity contribution in [3.8, 4) is 0 Å². The molecule has 2 amide bonds. The summed E-state index contributed by atoms with van der Waals surface area (Å²) < 4.78 is 0. The van der Waals surface area contributed by atoms with E-state index in [0.29, 0.717) is 12.8 Å². The van der Waals surface area contributed by atoms with Gasteiger partial charge in [0.05, 0.1) is 0 Å². The van der Waals surface area contributed by atoms with Crippen molar-refractivity contribution in [2.24, 2.45) is 0 Å². The summed E-state index contributed by atoms with van der Waals surface area (Å²) in [7, 11) is 0. The summed E-state index contributed by atoms with van der Waals surface area (Å²) in [5, 5.41) is 7.88. The summed E-state index contributed by atoms with van der Waals surface area (Å²) in [5.74, 6) is -0.371. The number of hydrogen-bond donors (Lipinski definition) is 2. The maximum atomic E-state index is 11.9. The van der Waals surface area contributed by atoms with Gasteiger partial charge in [-0.25, -0.2) is 0 Å². The number of thiophene rings is 1. The first-order chi connectivity index (χ1) is 9.65. The van der Waals surface area contributed by atoms with Crippen molar-refractivity contribution in [2.45, 2.75) is 45.1 Å². The largest absolute Gasteiger partial charge is 0.373 e. The van der Waals surface area contributed by atoms with Gasteiger partial charge in [0.25, 0.3) is 0 Å². The highest BCUT2D eigenvalue weighted by Gasteiger charge is 2.29. The monoisotopic (exact) mass is 290 g/mol. The number of carbonyl (C=O) groups is 2. The summed E-state index contributed by atoms with van der Waals surface area (Å²) in [6.45, 7) is 2.10. The van der Waals surface area contributed by atoms with E-state index in [1.807, 2.05) is 0 Å². The van der Waals surface area contributed by atoms with Crippen molar-refractivity contribution < 1.29 is 9.59 Å². The fraction of sp³-hybridized carbons (Fsp3) is 0.467. The van der Waals surface area contributed by atoms with E-state index in [1.54, 1.807) is 11.3 Å². The van der Waals surface area contributed by atoms with Crippen LogP contribution < -0.4 is 10.6 Å². The molecule has 1 unspecified atom stereocenters. The molecule has 3 rings (SSSR count). The van der Waals surface area contributed by atoms with Gasteiger partial charge in [0.2, 0.25) is 11.8 Å². The molecule has 1 saturated carbocycles. The summed E-state index contributed by atoms with van der Waals surface area (Å²) in [6.07, 6.45) is 4.41. The molecule has 5 heteroatoms. The van der Waals surface area contributed by atoms with Crippen molar-refractivity contribution in [1.82, 2.24) is 10.6 Å². The van der Waals surface area contributed by atoms with E-state index >= 15 is 0 Å². The SMILES string of the molecule is Cc1sccc1C(NC1CCC(=O)NC1=O)=C1CCC1. The van der Waals surface area contributed by atoms with Gasteiger partial charge in [-0.1, -0.05) is 0 Å². The summed E-state index contributed by atoms with van der Waals surface area (Å²) in [5.41, 5.74) is 3.72. The molecule has 1 aliphatic heterocycles. The van der Waals surface area contributed by atoms with Gasteiger partial charge < -0.3 is 5.32 Å². The van der Waals surface area contributed by atoms with Crippen LogP contribution in [0.4, 0.5) is 0 Å². The first-order valence-corrected chi connectivity index (χ1v) is 7.90. The lowest BCUT2D eigenvalue weighted by Gasteiger charge is -2.29. The van der Waals surface area contributed by atoms with Gasteiger partial charge in [-0.2, -0.15) is 0 Å². The van der Waals surface area contributed by atoms with Crippen molar-refractivity contribution >= 4 is 28.8 Å². The number of rotatable bonds is 3. The molecule has 0 radical (unpaired) electrons. The molecular formula is C15H18N2O2S. The molecule has 4 nitrogen and oxygen atoms in total. The Balaban J connectivity index is 1.84. The third-order valence-corrected chi connectivity index (χ3v) is 4.84. The zero-order valence-electron chi connectivity index (χ0n) is 11.5. The third-order valence-electron chi connectivity index (χ3n) is 4.00. The Morgan fingerprint density at radius 1 is 1.35 bits per heavy atom. The minimum absolute atomic E-state index is 0.169. The molecule has 1 aromatic rings. The highest BCUT2D eigenvalue weighted by molar-refractivity contribution is 7.10. The van der Waals surface area contributed by atoms with E-state index < -0.39 is 0 Å². The standard InChI is InChI=1S/C15H18N2O2S/c1-9-11(7-8-20-9)14(10-3-2-4-10)16-12-5-6-13(18)17-15(12)19/h7-8,12,16H,2-6H2,1H3,(H,17,18,19). The van der Waals surface area contributed by atoms with Crippen LogP contribution in [0.25, 0.3) is 5.70 Å². The zero-order chi connectivity index (χ0) is 14.1. The Morgan fingerprint density at radius 2 is 2.15 bits per heavy atom. The normalized spacial score (nSPS) is 22.2. The van der Waals surface area contributed by atoms with Gasteiger partial charge in [-0.3, -0.25) is 14.9 Å². The maximum absolute atomic E-state index is 11.9. The van der Waals surface area contributed by atoms with Crippen molar-refractivity contribution in [3.05, 3.63) is 27.5 Å². The van der Waals surface area contributed by atoms with E-state index in [9.17, 15) is 9.59 Å². The maximum Gasteiger partial charge on any atom is 0.249 e. The van der Waals surface area contributed by atoms with Crippen LogP contribution in [0, 0.1) is 6.92 Å². The third kappa shape index (κ3) is 2.50. The smallest absolute Gasteiger partial charge is 0.249 e. The van der Waals surface area contributed by atoms with Crippen LogP contribution in [0.5, 0.6) is 0 Å². The number of aryl methyl sites for hydroxylation is 1. The fourth-order valence-corrected chi connectivity index (χ4v) is 3.33. The van der Waals surface area contributed by atoms with Crippen LogP contribution in [0.15, 0.2) is 17.0 Å². The molecule has 0 aromatic carbocycles. The van der Waals surface area contributed by atoms with Gasteiger partial charge in [-0.15, -0.1) is 11.3 Å². The highest BCUT2D eigenvalue weighted by Crippen LogP contribution is 2.35. The van der Waals surface area contributed by atoms with Crippen LogP contribution in [0.2, 0.25) is 0 Å². The van der Waals surface area contributed by atoms with Crippen LogP contribution in [0.1, 0.15) is 42.5 Å². The number of piperidine rings is 1. The molecule has 1 atom stereocenters. The Bertz CT molecular complexity index is 582. The van der Waals surface area contributed by atoms with E-state index in [4.69, 9.17) is 0 Å². The topological polar surface area (TPSA) is 58.2 Å². The predicted molar refractivity (Wildman–Crippen MR) is 79.1 cm³/mol. The first-order valence-electron chi connectivity index (χ1n) is 7.02. The van der Waals surface area contributed by atoms with Crippen LogP contribution in [-0.2, 0) is 9.59 Å². The molecule has 2 heterocycles. The lowest BCUT2D eigenvalue weighted by molar-refractivity contribution is -0.134. The Kier molecular flexibility index (Phi) is 3.61. The van der Waals surface area contributed by atoms with E-state index in [2.05, 4.69) is 29.0 Å². The summed E-state index contributed by atoms with van der Waals surface area (Å²) in [6, 6.07) is 1.81. The lowest BCUT2D eigenvalue weighted by atomic mass is 9.88. The van der Waals surface area contributed by atoms with Gasteiger partial charge in [0, 0.05) is 22.6 Å². The molecule has 2 fully saturated rings. The molecule has 0 spiro atoms. The van der Waals surface area contributed by atoms with E-state index in [-0.39, 0.29) is 17.9 Å². The molecular weight excluding hydrogens is 272 g/mol. The van der Waals surface area contributed by atoms with Crippen LogP contribution in [-0.4, -0.2) is 17.9 Å². The number of allylic oxidation sites excluding steroid dienone is 1. The summed E-state index contributed by atoms with van der Waals surface area (Å²) >= 11 is 1.72. The predicted octanol–water partition coefficient (Wildman–Crippen LogP) is 2.35. The Labute approximate surface area is 122 Å². The molecule has 106 valence electrons. The molecule has 2 aliphatic rings. The number of hydrogen-bond acceptors (Lipinski definition) is 4. The van der Waals surface area contributed by atoms with E-state index in [0.717, 1.165) is 18.5 Å². The number of amides is 2.